The topological polar surface area (TPSA) is 63.3 Å². The highest BCUT2D eigenvalue weighted by molar-refractivity contribution is 5.85. The number of benzene rings is 1. The van der Waals surface area contributed by atoms with Crippen LogP contribution in [0.1, 0.15) is 53.2 Å². The van der Waals surface area contributed by atoms with Gasteiger partial charge in [0.05, 0.1) is 5.41 Å². The second-order valence-corrected chi connectivity index (χ2v) is 5.84. The summed E-state index contributed by atoms with van der Waals surface area (Å²) in [6.45, 7) is 4.05. The Morgan fingerprint density at radius 3 is 2.70 bits per heavy atom. The number of rotatable bonds is 3. The van der Waals surface area contributed by atoms with Crippen molar-refractivity contribution >= 4 is 5.97 Å². The molecule has 0 saturated heterocycles. The van der Waals surface area contributed by atoms with E-state index in [-0.39, 0.29) is 5.69 Å². The Hall–Kier alpha value is -2.10. The van der Waals surface area contributed by atoms with E-state index in [9.17, 15) is 4.79 Å². The molecule has 1 aliphatic rings. The second-order valence-electron chi connectivity index (χ2n) is 5.84. The summed E-state index contributed by atoms with van der Waals surface area (Å²) in [7, 11) is 0. The average molecular weight is 271 g/mol. The summed E-state index contributed by atoms with van der Waals surface area (Å²) in [5, 5.41) is 12.5. The highest BCUT2D eigenvalue weighted by atomic mass is 16.5. The molecule has 2 aromatic rings. The van der Waals surface area contributed by atoms with Crippen molar-refractivity contribution in [1.29, 1.82) is 0 Å². The molecule has 0 saturated carbocycles. The molecule has 20 heavy (non-hydrogen) atoms. The zero-order valence-corrected chi connectivity index (χ0v) is 11.6. The van der Waals surface area contributed by atoms with Gasteiger partial charge in [-0.05, 0) is 49.8 Å². The predicted octanol–water partition coefficient (Wildman–Crippen LogP) is 3.19. The maximum atomic E-state index is 10.9. The second kappa shape index (κ2) is 4.47. The molecule has 0 amide bonds. The van der Waals surface area contributed by atoms with Crippen molar-refractivity contribution in [3.8, 4) is 0 Å². The Morgan fingerprint density at radius 1 is 1.25 bits per heavy atom. The number of carboxylic acid groups (broad SMARTS) is 1. The van der Waals surface area contributed by atoms with E-state index in [0.29, 0.717) is 5.76 Å². The molecular weight excluding hydrogens is 254 g/mol. The van der Waals surface area contributed by atoms with Crippen LogP contribution in [0.15, 0.2) is 28.8 Å². The molecule has 1 aliphatic carbocycles. The summed E-state index contributed by atoms with van der Waals surface area (Å²) in [5.74, 6) is -0.488. The zero-order valence-electron chi connectivity index (χ0n) is 11.6. The monoisotopic (exact) mass is 271 g/mol. The van der Waals surface area contributed by atoms with Crippen LogP contribution in [0, 0.1) is 0 Å². The molecule has 104 valence electrons. The SMILES string of the molecule is CC(C)(c1ccc2c(c1)CCC2)c1cc(C(=O)O)no1. The molecule has 1 heterocycles. The number of hydrogen-bond donors (Lipinski definition) is 1. The largest absolute Gasteiger partial charge is 0.476 e. The summed E-state index contributed by atoms with van der Waals surface area (Å²) in [4.78, 5) is 10.9. The minimum atomic E-state index is -1.07. The van der Waals surface area contributed by atoms with Gasteiger partial charge in [-0.3, -0.25) is 0 Å². The van der Waals surface area contributed by atoms with E-state index in [4.69, 9.17) is 9.63 Å². The quantitative estimate of drug-likeness (QED) is 0.931. The first kappa shape index (κ1) is 12.9. The molecule has 1 aromatic carbocycles. The number of nitrogens with zero attached hydrogens (tertiary/aromatic N) is 1. The van der Waals surface area contributed by atoms with Gasteiger partial charge in [0, 0.05) is 6.07 Å². The first-order valence-electron chi connectivity index (χ1n) is 6.81. The van der Waals surface area contributed by atoms with Crippen LogP contribution >= 0.6 is 0 Å². The third-order valence-electron chi connectivity index (χ3n) is 4.17. The van der Waals surface area contributed by atoms with Crippen LogP contribution in [0.25, 0.3) is 0 Å². The number of aromatic carboxylic acids is 1. The summed E-state index contributed by atoms with van der Waals surface area (Å²) in [6.07, 6.45) is 3.49. The highest BCUT2D eigenvalue weighted by Crippen LogP contribution is 2.34. The van der Waals surface area contributed by atoms with Gasteiger partial charge in [0.15, 0.2) is 5.69 Å². The zero-order chi connectivity index (χ0) is 14.3. The summed E-state index contributed by atoms with van der Waals surface area (Å²) >= 11 is 0. The van der Waals surface area contributed by atoms with Gasteiger partial charge in [-0.15, -0.1) is 0 Å². The van der Waals surface area contributed by atoms with E-state index in [1.165, 1.54) is 23.6 Å². The lowest BCUT2D eigenvalue weighted by Crippen LogP contribution is -2.18. The predicted molar refractivity (Wildman–Crippen MR) is 74.1 cm³/mol. The Kier molecular flexibility index (Phi) is 2.89. The van der Waals surface area contributed by atoms with Gasteiger partial charge in [0.1, 0.15) is 5.76 Å². The standard InChI is InChI=1S/C16H17NO3/c1-16(2,14-9-13(15(18)19)17-20-14)12-7-6-10-4-3-5-11(10)8-12/h6-9H,3-5H2,1-2H3,(H,18,19). The normalized spacial score (nSPS) is 14.3. The van der Waals surface area contributed by atoms with Crippen LogP contribution in [0.4, 0.5) is 0 Å². The van der Waals surface area contributed by atoms with Gasteiger partial charge in [-0.2, -0.15) is 0 Å². The van der Waals surface area contributed by atoms with Crippen LogP contribution in [0.2, 0.25) is 0 Å². The van der Waals surface area contributed by atoms with Crippen molar-refractivity contribution in [3.63, 3.8) is 0 Å². The molecule has 3 rings (SSSR count). The Morgan fingerprint density at radius 2 is 2.00 bits per heavy atom. The molecule has 0 radical (unpaired) electrons. The minimum Gasteiger partial charge on any atom is -0.476 e. The average Bonchev–Trinajstić information content (AvgIpc) is 3.07. The first-order valence-corrected chi connectivity index (χ1v) is 6.81. The van der Waals surface area contributed by atoms with Gasteiger partial charge < -0.3 is 9.63 Å². The van der Waals surface area contributed by atoms with Gasteiger partial charge in [0.25, 0.3) is 0 Å². The van der Waals surface area contributed by atoms with Gasteiger partial charge in [-0.25, -0.2) is 4.79 Å². The van der Waals surface area contributed by atoms with E-state index in [1.807, 2.05) is 13.8 Å². The molecule has 0 bridgehead atoms. The number of carbonyl (C=O) groups is 1. The first-order chi connectivity index (χ1) is 9.48. The molecule has 0 spiro atoms. The lowest BCUT2D eigenvalue weighted by molar-refractivity contribution is 0.0685. The highest BCUT2D eigenvalue weighted by Gasteiger charge is 2.30. The molecule has 0 aliphatic heterocycles. The van der Waals surface area contributed by atoms with Crippen molar-refractivity contribution in [2.45, 2.75) is 38.5 Å². The van der Waals surface area contributed by atoms with E-state index in [1.54, 1.807) is 0 Å². The van der Waals surface area contributed by atoms with Crippen LogP contribution < -0.4 is 0 Å². The van der Waals surface area contributed by atoms with Crippen molar-refractivity contribution in [2.75, 3.05) is 0 Å². The number of carboxylic acids is 1. The smallest absolute Gasteiger partial charge is 0.358 e. The lowest BCUT2D eigenvalue weighted by atomic mass is 9.81. The Balaban J connectivity index is 2.00. The number of aromatic nitrogens is 1. The van der Waals surface area contributed by atoms with Crippen molar-refractivity contribution in [1.82, 2.24) is 5.16 Å². The fraction of sp³-hybridized carbons (Fsp3) is 0.375. The maximum absolute atomic E-state index is 10.9. The fourth-order valence-electron chi connectivity index (χ4n) is 2.77. The van der Waals surface area contributed by atoms with E-state index < -0.39 is 11.4 Å². The third-order valence-corrected chi connectivity index (χ3v) is 4.17. The molecule has 0 unspecified atom stereocenters. The van der Waals surface area contributed by atoms with Crippen LogP contribution in [-0.2, 0) is 18.3 Å². The molecule has 1 N–H and O–H groups in total. The Labute approximate surface area is 117 Å². The number of aryl methyl sites for hydroxylation is 2. The van der Waals surface area contributed by atoms with E-state index >= 15 is 0 Å². The van der Waals surface area contributed by atoms with Crippen molar-refractivity contribution in [3.05, 3.63) is 52.4 Å². The van der Waals surface area contributed by atoms with Crippen molar-refractivity contribution in [2.24, 2.45) is 0 Å². The number of hydrogen-bond acceptors (Lipinski definition) is 3. The summed E-state index contributed by atoms with van der Waals surface area (Å²) in [5.41, 5.74) is 3.51. The summed E-state index contributed by atoms with van der Waals surface area (Å²) in [6, 6.07) is 8.00. The molecule has 4 heteroatoms. The molecular formula is C16H17NO3. The van der Waals surface area contributed by atoms with Crippen LogP contribution in [-0.4, -0.2) is 16.2 Å². The maximum Gasteiger partial charge on any atom is 0.358 e. The van der Waals surface area contributed by atoms with E-state index in [2.05, 4.69) is 23.4 Å². The van der Waals surface area contributed by atoms with Crippen LogP contribution in [0.3, 0.4) is 0 Å². The third kappa shape index (κ3) is 2.01. The molecule has 1 aromatic heterocycles. The van der Waals surface area contributed by atoms with Crippen LogP contribution in [0.5, 0.6) is 0 Å². The van der Waals surface area contributed by atoms with Crippen molar-refractivity contribution < 1.29 is 14.4 Å². The van der Waals surface area contributed by atoms with Gasteiger partial charge in [-0.1, -0.05) is 23.4 Å². The van der Waals surface area contributed by atoms with Gasteiger partial charge >= 0.3 is 5.97 Å². The molecule has 4 nitrogen and oxygen atoms in total. The Bertz CT molecular complexity index is 670. The molecule has 0 atom stereocenters. The summed E-state index contributed by atoms with van der Waals surface area (Å²) < 4.78 is 5.23. The minimum absolute atomic E-state index is 0.0470. The van der Waals surface area contributed by atoms with E-state index in [0.717, 1.165) is 18.4 Å². The number of fused-ring (bicyclic) bond motifs is 1. The van der Waals surface area contributed by atoms with Gasteiger partial charge in [0.2, 0.25) is 0 Å². The lowest BCUT2D eigenvalue weighted by Gasteiger charge is -2.22. The molecule has 0 fully saturated rings. The fourth-order valence-corrected chi connectivity index (χ4v) is 2.77.